The lowest BCUT2D eigenvalue weighted by Gasteiger charge is -2.31. The number of aromatic nitrogens is 4. The number of piperazine rings is 1. The van der Waals surface area contributed by atoms with E-state index >= 15 is 8.78 Å². The van der Waals surface area contributed by atoms with E-state index in [4.69, 9.17) is 0 Å². The van der Waals surface area contributed by atoms with E-state index < -0.39 is 44.8 Å². The van der Waals surface area contributed by atoms with Gasteiger partial charge in [-0.15, -0.1) is 0 Å². The molecule has 0 radical (unpaired) electrons. The van der Waals surface area contributed by atoms with E-state index in [0.29, 0.717) is 37.7 Å². The van der Waals surface area contributed by atoms with Crippen LogP contribution in [-0.2, 0) is 27.5 Å². The summed E-state index contributed by atoms with van der Waals surface area (Å²) in [6.07, 6.45) is -0.314. The van der Waals surface area contributed by atoms with Gasteiger partial charge >= 0.3 is 6.18 Å². The van der Waals surface area contributed by atoms with Crippen LogP contribution in [0.2, 0.25) is 0 Å². The van der Waals surface area contributed by atoms with E-state index in [1.807, 2.05) is 0 Å². The molecule has 1 aromatic carbocycles. The Labute approximate surface area is 244 Å². The first-order valence-electron chi connectivity index (χ1n) is 13.3. The van der Waals surface area contributed by atoms with Gasteiger partial charge in [-0.2, -0.15) is 13.2 Å². The number of alkyl halides is 3. The molecule has 2 saturated heterocycles. The Morgan fingerprint density at radius 3 is 2.33 bits per heavy atom. The summed E-state index contributed by atoms with van der Waals surface area (Å²) in [6.45, 7) is 1.75. The summed E-state index contributed by atoms with van der Waals surface area (Å²) in [6, 6.07) is 1.94. The highest BCUT2D eigenvalue weighted by Crippen LogP contribution is 2.36. The van der Waals surface area contributed by atoms with Crippen LogP contribution in [0, 0.1) is 11.6 Å². The maximum absolute atomic E-state index is 15.2. The zero-order valence-corrected chi connectivity index (χ0v) is 24.1. The maximum Gasteiger partial charge on any atom is 0.420 e. The third kappa shape index (κ3) is 6.94. The van der Waals surface area contributed by atoms with Gasteiger partial charge in [-0.05, 0) is 30.5 Å². The first-order chi connectivity index (χ1) is 20.2. The normalized spacial score (nSPS) is 17.9. The van der Waals surface area contributed by atoms with Crippen LogP contribution < -0.4 is 5.32 Å². The molecular weight excluding hydrogens is 599 g/mol. The van der Waals surface area contributed by atoms with Crippen LogP contribution in [0.1, 0.15) is 24.0 Å². The van der Waals surface area contributed by atoms with Crippen molar-refractivity contribution in [3.8, 4) is 17.1 Å². The van der Waals surface area contributed by atoms with Crippen LogP contribution in [0.15, 0.2) is 30.9 Å². The standard InChI is InChI=1S/C26H29F5N8O3S/c1-36-7-8-37(14-22(36)40)12-16-9-19(27)24(20(28)10-16)38-13-21(33-15-38)23-18(26(29,30)31)11-32-25(35-23)34-17-3-5-39(6-4-17)43(2,41)42/h9-11,13,15,17H,3-8,12,14H2,1-2H3,(H,32,34,35). The molecule has 0 bridgehead atoms. The molecule has 43 heavy (non-hydrogen) atoms. The van der Waals surface area contributed by atoms with Gasteiger partial charge in [-0.3, -0.25) is 9.69 Å². The molecule has 1 amide bonds. The predicted molar refractivity (Wildman–Crippen MR) is 145 cm³/mol. The van der Waals surface area contributed by atoms with Crippen molar-refractivity contribution in [2.45, 2.75) is 31.6 Å². The fourth-order valence-corrected chi connectivity index (χ4v) is 5.97. The number of anilines is 1. The number of likely N-dealkylation sites (N-methyl/N-ethyl adjacent to an activating group) is 1. The number of carbonyl (C=O) groups is 1. The summed E-state index contributed by atoms with van der Waals surface area (Å²) >= 11 is 0. The van der Waals surface area contributed by atoms with Gasteiger partial charge in [0.2, 0.25) is 21.9 Å². The third-order valence-electron chi connectivity index (χ3n) is 7.45. The van der Waals surface area contributed by atoms with Crippen LogP contribution in [0.25, 0.3) is 17.1 Å². The van der Waals surface area contributed by atoms with Crippen molar-refractivity contribution in [2.24, 2.45) is 0 Å². The molecule has 0 atom stereocenters. The van der Waals surface area contributed by atoms with Crippen LogP contribution in [-0.4, -0.2) is 100 Å². The molecule has 3 aromatic rings. The third-order valence-corrected chi connectivity index (χ3v) is 8.76. The Hall–Kier alpha value is -3.70. The molecular formula is C26H29F5N8O3S. The summed E-state index contributed by atoms with van der Waals surface area (Å²) in [5.41, 5.74) is -2.30. The molecule has 4 heterocycles. The molecule has 5 rings (SSSR count). The van der Waals surface area contributed by atoms with E-state index in [1.54, 1.807) is 16.8 Å². The minimum atomic E-state index is -4.85. The number of amides is 1. The molecule has 0 spiro atoms. The van der Waals surface area contributed by atoms with Crippen LogP contribution in [0.4, 0.5) is 27.9 Å². The molecule has 2 aliphatic rings. The van der Waals surface area contributed by atoms with E-state index in [0.717, 1.165) is 35.5 Å². The van der Waals surface area contributed by atoms with E-state index in [9.17, 15) is 26.4 Å². The number of hydrogen-bond acceptors (Lipinski definition) is 8. The number of nitrogens with zero attached hydrogens (tertiary/aromatic N) is 7. The number of benzene rings is 1. The van der Waals surface area contributed by atoms with Crippen molar-refractivity contribution in [3.05, 3.63) is 53.6 Å². The van der Waals surface area contributed by atoms with Gasteiger partial charge < -0.3 is 14.8 Å². The van der Waals surface area contributed by atoms with E-state index in [1.165, 1.54) is 4.31 Å². The number of nitrogens with one attached hydrogen (secondary N) is 1. The number of rotatable bonds is 7. The Kier molecular flexibility index (Phi) is 8.41. The molecule has 1 N–H and O–H groups in total. The van der Waals surface area contributed by atoms with Crippen LogP contribution in [0.3, 0.4) is 0 Å². The second-order valence-corrected chi connectivity index (χ2v) is 12.6. The summed E-state index contributed by atoms with van der Waals surface area (Å²) < 4.78 is 97.7. The van der Waals surface area contributed by atoms with Gasteiger partial charge in [0.15, 0.2) is 11.6 Å². The number of carbonyl (C=O) groups excluding carboxylic acids is 1. The number of sulfonamides is 1. The van der Waals surface area contributed by atoms with Crippen molar-refractivity contribution < 1.29 is 35.2 Å². The van der Waals surface area contributed by atoms with Crippen LogP contribution >= 0.6 is 0 Å². The van der Waals surface area contributed by atoms with Crippen molar-refractivity contribution >= 4 is 21.9 Å². The Morgan fingerprint density at radius 2 is 1.72 bits per heavy atom. The van der Waals surface area contributed by atoms with Gasteiger partial charge in [0.05, 0.1) is 12.8 Å². The van der Waals surface area contributed by atoms with Gasteiger partial charge in [0.1, 0.15) is 29.0 Å². The topological polar surface area (TPSA) is 117 Å². The lowest BCUT2D eigenvalue weighted by Crippen LogP contribution is -2.47. The summed E-state index contributed by atoms with van der Waals surface area (Å²) in [5, 5.41) is 2.95. The largest absolute Gasteiger partial charge is 0.420 e. The first kappa shape index (κ1) is 30.7. The zero-order chi connectivity index (χ0) is 31.1. The fraction of sp³-hybridized carbons (Fsp3) is 0.462. The molecule has 11 nitrogen and oxygen atoms in total. The first-order valence-corrected chi connectivity index (χ1v) is 15.2. The van der Waals surface area contributed by atoms with Crippen molar-refractivity contribution in [1.29, 1.82) is 0 Å². The number of imidazole rings is 1. The number of piperidine rings is 1. The highest BCUT2D eigenvalue weighted by Gasteiger charge is 2.36. The minimum Gasteiger partial charge on any atom is -0.351 e. The van der Waals surface area contributed by atoms with Gasteiger partial charge in [-0.1, -0.05) is 0 Å². The fourth-order valence-electron chi connectivity index (χ4n) is 5.09. The molecule has 17 heteroatoms. The van der Waals surface area contributed by atoms with Crippen molar-refractivity contribution in [1.82, 2.24) is 33.6 Å². The highest BCUT2D eigenvalue weighted by atomic mass is 32.2. The quantitative estimate of drug-likeness (QED) is 0.398. The molecule has 2 fully saturated rings. The zero-order valence-electron chi connectivity index (χ0n) is 23.3. The maximum atomic E-state index is 15.2. The Morgan fingerprint density at radius 1 is 1.05 bits per heavy atom. The average molecular weight is 629 g/mol. The lowest BCUT2D eigenvalue weighted by molar-refractivity contribution is -0.137. The molecule has 2 aliphatic heterocycles. The lowest BCUT2D eigenvalue weighted by atomic mass is 10.1. The second-order valence-electron chi connectivity index (χ2n) is 10.6. The summed E-state index contributed by atoms with van der Waals surface area (Å²) in [7, 11) is -1.68. The van der Waals surface area contributed by atoms with E-state index in [-0.39, 0.29) is 49.8 Å². The second kappa shape index (κ2) is 11.8. The molecule has 2 aromatic heterocycles. The summed E-state index contributed by atoms with van der Waals surface area (Å²) in [4.78, 5) is 27.1. The van der Waals surface area contributed by atoms with Gasteiger partial charge in [-0.25, -0.2) is 36.5 Å². The molecule has 0 unspecified atom stereocenters. The van der Waals surface area contributed by atoms with E-state index in [2.05, 4.69) is 20.3 Å². The number of halogens is 5. The summed E-state index contributed by atoms with van der Waals surface area (Å²) in [5.74, 6) is -2.14. The smallest absolute Gasteiger partial charge is 0.351 e. The SMILES string of the molecule is CN1CCN(Cc2cc(F)c(-n3cnc(-c4nc(NC5CCN(S(C)(=O)=O)CC5)ncc4C(F)(F)F)c3)c(F)c2)CC1=O. The monoisotopic (exact) mass is 628 g/mol. The van der Waals surface area contributed by atoms with Gasteiger partial charge in [0.25, 0.3) is 0 Å². The van der Waals surface area contributed by atoms with Crippen LogP contribution in [0.5, 0.6) is 0 Å². The number of hydrogen-bond donors (Lipinski definition) is 1. The highest BCUT2D eigenvalue weighted by molar-refractivity contribution is 7.88. The van der Waals surface area contributed by atoms with Crippen molar-refractivity contribution in [2.75, 3.05) is 51.3 Å². The van der Waals surface area contributed by atoms with Gasteiger partial charge in [0, 0.05) is 58.2 Å². The molecule has 0 aliphatic carbocycles. The predicted octanol–water partition coefficient (Wildman–Crippen LogP) is 2.74. The average Bonchev–Trinajstić information content (AvgIpc) is 3.39. The Balaban J connectivity index is 1.38. The minimum absolute atomic E-state index is 0.103. The molecule has 232 valence electrons. The Bertz CT molecular complexity index is 1600. The van der Waals surface area contributed by atoms with Crippen molar-refractivity contribution in [3.63, 3.8) is 0 Å². The molecule has 0 saturated carbocycles.